The average molecular weight is 251 g/mol. The van der Waals surface area contributed by atoms with E-state index in [0.29, 0.717) is 5.02 Å². The zero-order chi connectivity index (χ0) is 12.4. The lowest BCUT2D eigenvalue weighted by Crippen LogP contribution is -2.07. The van der Waals surface area contributed by atoms with Crippen molar-refractivity contribution >= 4 is 17.4 Å². The lowest BCUT2D eigenvalue weighted by Gasteiger charge is -2.13. The molecule has 0 aliphatic heterocycles. The summed E-state index contributed by atoms with van der Waals surface area (Å²) in [7, 11) is 0. The molecule has 0 saturated carbocycles. The monoisotopic (exact) mass is 250 g/mol. The van der Waals surface area contributed by atoms with Crippen LogP contribution in [0.25, 0.3) is 0 Å². The van der Waals surface area contributed by atoms with Gasteiger partial charge in [-0.1, -0.05) is 11.6 Å². The first-order chi connectivity index (χ1) is 8.06. The summed E-state index contributed by atoms with van der Waals surface area (Å²) < 4.78 is 5.51. The Morgan fingerprint density at radius 1 is 1.35 bits per heavy atom. The second-order valence-electron chi connectivity index (χ2n) is 4.10. The van der Waals surface area contributed by atoms with Crippen molar-refractivity contribution in [1.82, 2.24) is 4.98 Å². The molecule has 1 N–H and O–H groups in total. The third-order valence-electron chi connectivity index (χ3n) is 2.64. The third-order valence-corrected chi connectivity index (χ3v) is 2.86. The van der Waals surface area contributed by atoms with Crippen LogP contribution in [-0.4, -0.2) is 4.98 Å². The standard InChI is InChI=1S/C13H15ClN2O/c1-8-6-12(10(3)17-8)9(2)16-13-5-4-11(14)7-15-13/h4-7,9H,1-3H3,(H,15,16). The summed E-state index contributed by atoms with van der Waals surface area (Å²) in [6.07, 6.45) is 1.63. The predicted molar refractivity (Wildman–Crippen MR) is 69.5 cm³/mol. The number of halogens is 1. The molecule has 3 nitrogen and oxygen atoms in total. The molecule has 0 spiro atoms. The molecule has 17 heavy (non-hydrogen) atoms. The molecule has 0 bridgehead atoms. The lowest BCUT2D eigenvalue weighted by molar-refractivity contribution is 0.500. The number of aromatic nitrogens is 1. The van der Waals surface area contributed by atoms with Crippen LogP contribution in [0.2, 0.25) is 5.02 Å². The van der Waals surface area contributed by atoms with Crippen LogP contribution in [0.5, 0.6) is 0 Å². The summed E-state index contributed by atoms with van der Waals surface area (Å²) in [5, 5.41) is 3.95. The van der Waals surface area contributed by atoms with Gasteiger partial charge in [0.25, 0.3) is 0 Å². The van der Waals surface area contributed by atoms with E-state index in [9.17, 15) is 0 Å². The molecule has 0 aromatic carbocycles. The molecule has 0 fully saturated rings. The Kier molecular flexibility index (Phi) is 3.38. The van der Waals surface area contributed by atoms with Gasteiger partial charge in [0.1, 0.15) is 17.3 Å². The summed E-state index contributed by atoms with van der Waals surface area (Å²) >= 11 is 5.79. The number of anilines is 1. The van der Waals surface area contributed by atoms with Crippen LogP contribution in [0.3, 0.4) is 0 Å². The van der Waals surface area contributed by atoms with Crippen LogP contribution in [0.4, 0.5) is 5.82 Å². The Balaban J connectivity index is 2.14. The van der Waals surface area contributed by atoms with Gasteiger partial charge in [-0.2, -0.15) is 0 Å². The predicted octanol–water partition coefficient (Wildman–Crippen LogP) is 4.12. The maximum Gasteiger partial charge on any atom is 0.126 e. The number of furan rings is 1. The van der Waals surface area contributed by atoms with E-state index >= 15 is 0 Å². The fourth-order valence-corrected chi connectivity index (χ4v) is 1.95. The quantitative estimate of drug-likeness (QED) is 0.891. The van der Waals surface area contributed by atoms with E-state index in [0.717, 1.165) is 22.9 Å². The minimum absolute atomic E-state index is 0.154. The second kappa shape index (κ2) is 4.80. The van der Waals surface area contributed by atoms with Gasteiger partial charge < -0.3 is 9.73 Å². The van der Waals surface area contributed by atoms with Gasteiger partial charge in [0.2, 0.25) is 0 Å². The molecule has 2 rings (SSSR count). The molecule has 2 aromatic heterocycles. The molecule has 1 unspecified atom stereocenters. The van der Waals surface area contributed by atoms with Crippen LogP contribution in [0, 0.1) is 13.8 Å². The number of rotatable bonds is 3. The molecule has 0 saturated heterocycles. The Bertz CT molecular complexity index is 505. The summed E-state index contributed by atoms with van der Waals surface area (Å²) in [6, 6.07) is 5.88. The van der Waals surface area contributed by atoms with Gasteiger partial charge in [-0.3, -0.25) is 0 Å². The molecule has 0 aliphatic carbocycles. The number of pyridine rings is 1. The van der Waals surface area contributed by atoms with Gasteiger partial charge in [-0.05, 0) is 39.0 Å². The van der Waals surface area contributed by atoms with E-state index in [1.165, 1.54) is 0 Å². The first-order valence-electron chi connectivity index (χ1n) is 5.51. The Labute approximate surface area is 106 Å². The average Bonchev–Trinajstić information content (AvgIpc) is 2.61. The van der Waals surface area contributed by atoms with Gasteiger partial charge in [-0.25, -0.2) is 4.98 Å². The van der Waals surface area contributed by atoms with Crippen LogP contribution in [-0.2, 0) is 0 Å². The molecular weight excluding hydrogens is 236 g/mol. The number of aryl methyl sites for hydroxylation is 2. The zero-order valence-electron chi connectivity index (χ0n) is 10.1. The number of hydrogen-bond acceptors (Lipinski definition) is 3. The molecule has 0 radical (unpaired) electrons. The van der Waals surface area contributed by atoms with Crippen molar-refractivity contribution in [2.45, 2.75) is 26.8 Å². The van der Waals surface area contributed by atoms with E-state index in [4.69, 9.17) is 16.0 Å². The maximum atomic E-state index is 5.79. The van der Waals surface area contributed by atoms with E-state index in [-0.39, 0.29) is 6.04 Å². The van der Waals surface area contributed by atoms with E-state index in [1.807, 2.05) is 32.0 Å². The number of hydrogen-bond donors (Lipinski definition) is 1. The highest BCUT2D eigenvalue weighted by Gasteiger charge is 2.12. The summed E-state index contributed by atoms with van der Waals surface area (Å²) in [5.41, 5.74) is 1.15. The van der Waals surface area contributed by atoms with Crippen molar-refractivity contribution in [3.05, 3.63) is 46.5 Å². The minimum Gasteiger partial charge on any atom is -0.466 e. The SMILES string of the molecule is Cc1cc(C(C)Nc2ccc(Cl)cn2)c(C)o1. The topological polar surface area (TPSA) is 38.1 Å². The highest BCUT2D eigenvalue weighted by atomic mass is 35.5. The van der Waals surface area contributed by atoms with Crippen LogP contribution in [0.15, 0.2) is 28.8 Å². The van der Waals surface area contributed by atoms with E-state index in [1.54, 1.807) is 6.20 Å². The summed E-state index contributed by atoms with van der Waals surface area (Å²) in [4.78, 5) is 4.21. The van der Waals surface area contributed by atoms with Gasteiger partial charge in [0.15, 0.2) is 0 Å². The fraction of sp³-hybridized carbons (Fsp3) is 0.308. The Morgan fingerprint density at radius 3 is 2.65 bits per heavy atom. The lowest BCUT2D eigenvalue weighted by atomic mass is 10.1. The van der Waals surface area contributed by atoms with Gasteiger partial charge in [0, 0.05) is 11.8 Å². The van der Waals surface area contributed by atoms with Crippen molar-refractivity contribution in [1.29, 1.82) is 0 Å². The Hall–Kier alpha value is -1.48. The van der Waals surface area contributed by atoms with Crippen LogP contribution >= 0.6 is 11.6 Å². The molecular formula is C13H15ClN2O. The molecule has 4 heteroatoms. The van der Waals surface area contributed by atoms with E-state index in [2.05, 4.69) is 17.2 Å². The largest absolute Gasteiger partial charge is 0.466 e. The second-order valence-corrected chi connectivity index (χ2v) is 4.53. The summed E-state index contributed by atoms with van der Waals surface area (Å²) in [6.45, 7) is 5.99. The van der Waals surface area contributed by atoms with Crippen LogP contribution in [0.1, 0.15) is 30.0 Å². The van der Waals surface area contributed by atoms with E-state index < -0.39 is 0 Å². The fourth-order valence-electron chi connectivity index (χ4n) is 1.84. The highest BCUT2D eigenvalue weighted by Crippen LogP contribution is 2.24. The zero-order valence-corrected chi connectivity index (χ0v) is 10.9. The first-order valence-corrected chi connectivity index (χ1v) is 5.89. The minimum atomic E-state index is 0.154. The number of nitrogens with zero attached hydrogens (tertiary/aromatic N) is 1. The smallest absolute Gasteiger partial charge is 0.126 e. The molecule has 0 amide bonds. The summed E-state index contributed by atoms with van der Waals surface area (Å²) in [5.74, 6) is 2.67. The van der Waals surface area contributed by atoms with Crippen molar-refractivity contribution < 1.29 is 4.42 Å². The van der Waals surface area contributed by atoms with Gasteiger partial charge in [0.05, 0.1) is 11.1 Å². The van der Waals surface area contributed by atoms with Crippen molar-refractivity contribution in [3.63, 3.8) is 0 Å². The number of nitrogens with one attached hydrogen (secondary N) is 1. The van der Waals surface area contributed by atoms with Crippen molar-refractivity contribution in [2.75, 3.05) is 5.32 Å². The van der Waals surface area contributed by atoms with Crippen molar-refractivity contribution in [3.8, 4) is 0 Å². The molecule has 2 heterocycles. The van der Waals surface area contributed by atoms with Gasteiger partial charge >= 0.3 is 0 Å². The molecule has 90 valence electrons. The molecule has 2 aromatic rings. The Morgan fingerprint density at radius 2 is 2.12 bits per heavy atom. The van der Waals surface area contributed by atoms with Crippen LogP contribution < -0.4 is 5.32 Å². The maximum absolute atomic E-state index is 5.79. The molecule has 1 atom stereocenters. The molecule has 0 aliphatic rings. The van der Waals surface area contributed by atoms with Gasteiger partial charge in [-0.15, -0.1) is 0 Å². The highest BCUT2D eigenvalue weighted by molar-refractivity contribution is 6.30. The normalized spacial score (nSPS) is 12.5. The van der Waals surface area contributed by atoms with Crippen molar-refractivity contribution in [2.24, 2.45) is 0 Å². The third kappa shape index (κ3) is 2.80. The first kappa shape index (κ1) is 12.0.